The predicted octanol–water partition coefficient (Wildman–Crippen LogP) is 5.27. The first-order chi connectivity index (χ1) is 13.6. The number of anilines is 1. The van der Waals surface area contributed by atoms with Crippen LogP contribution >= 0.6 is 19.1 Å². The largest absolute Gasteiger partial charge is 0.400 e. The maximum absolute atomic E-state index is 13.4. The van der Waals surface area contributed by atoms with Crippen LogP contribution in [0.25, 0.3) is 11.4 Å². The molecule has 1 N–H and O–H groups in total. The van der Waals surface area contributed by atoms with Crippen LogP contribution in [0.4, 0.5) is 23.2 Å². The first-order valence-corrected chi connectivity index (χ1v) is 10.1. The van der Waals surface area contributed by atoms with Crippen molar-refractivity contribution in [1.82, 2.24) is 10.1 Å². The SMILES string of the molecule is CCOP(=O)(Nc1ccc(F)c(F)c1)c1ccc(-c2noc(C(F)(F)Cl)n2)cc1. The standard InChI is InChI=1S/C17H13ClF4N3O3P/c1-2-27-29(26,25-11-5-8-13(19)14(20)9-11)12-6-3-10(4-7-12)15-23-16(28-24-15)17(18,21)22/h3-9H,2H2,1H3,(H,25,26). The summed E-state index contributed by atoms with van der Waals surface area (Å²) >= 11 is 4.84. The van der Waals surface area contributed by atoms with Gasteiger partial charge in [-0.3, -0.25) is 4.57 Å². The minimum atomic E-state index is -3.80. The third kappa shape index (κ3) is 4.77. The van der Waals surface area contributed by atoms with Crippen molar-refractivity contribution in [2.45, 2.75) is 12.3 Å². The van der Waals surface area contributed by atoms with Gasteiger partial charge in [-0.25, -0.2) is 8.78 Å². The van der Waals surface area contributed by atoms with Crippen LogP contribution in [0.1, 0.15) is 12.8 Å². The highest BCUT2D eigenvalue weighted by atomic mass is 35.5. The molecule has 1 unspecified atom stereocenters. The maximum atomic E-state index is 13.4. The Kier molecular flexibility index (Phi) is 5.97. The average molecular weight is 450 g/mol. The lowest BCUT2D eigenvalue weighted by Gasteiger charge is -2.20. The number of nitrogens with one attached hydrogen (secondary N) is 1. The van der Waals surface area contributed by atoms with E-state index >= 15 is 0 Å². The summed E-state index contributed by atoms with van der Waals surface area (Å²) in [5, 5.41) is 2.40. The lowest BCUT2D eigenvalue weighted by Crippen LogP contribution is -2.14. The molecule has 0 amide bonds. The average Bonchev–Trinajstić information content (AvgIpc) is 3.16. The summed E-state index contributed by atoms with van der Waals surface area (Å²) in [4.78, 5) is 3.51. The van der Waals surface area contributed by atoms with Gasteiger partial charge in [0.1, 0.15) is 0 Å². The zero-order valence-corrected chi connectivity index (χ0v) is 16.4. The van der Waals surface area contributed by atoms with Gasteiger partial charge in [-0.2, -0.15) is 13.8 Å². The molecule has 3 aromatic rings. The number of aromatic nitrogens is 2. The Morgan fingerprint density at radius 1 is 1.17 bits per heavy atom. The van der Waals surface area contributed by atoms with E-state index in [2.05, 4.69) is 19.8 Å². The van der Waals surface area contributed by atoms with E-state index in [1.165, 1.54) is 30.3 Å². The van der Waals surface area contributed by atoms with Crippen LogP contribution in [0.3, 0.4) is 0 Å². The van der Waals surface area contributed by atoms with Crippen LogP contribution in [0.2, 0.25) is 0 Å². The molecule has 29 heavy (non-hydrogen) atoms. The van der Waals surface area contributed by atoms with Crippen molar-refractivity contribution in [3.05, 3.63) is 60.0 Å². The third-order valence-electron chi connectivity index (χ3n) is 3.64. The van der Waals surface area contributed by atoms with Gasteiger partial charge in [-0.1, -0.05) is 17.3 Å². The van der Waals surface area contributed by atoms with Gasteiger partial charge in [-0.15, -0.1) is 0 Å². The van der Waals surface area contributed by atoms with E-state index in [4.69, 9.17) is 16.1 Å². The van der Waals surface area contributed by atoms with E-state index in [0.717, 1.165) is 12.1 Å². The van der Waals surface area contributed by atoms with Gasteiger partial charge < -0.3 is 14.1 Å². The fourth-order valence-corrected chi connectivity index (χ4v) is 4.16. The summed E-state index contributed by atoms with van der Waals surface area (Å²) in [6.45, 7) is 1.68. The molecule has 0 aliphatic heterocycles. The first kappa shape index (κ1) is 21.3. The molecule has 0 aliphatic carbocycles. The summed E-state index contributed by atoms with van der Waals surface area (Å²) in [5.74, 6) is -3.37. The molecule has 3 rings (SSSR count). The Hall–Kier alpha value is -2.42. The van der Waals surface area contributed by atoms with E-state index in [9.17, 15) is 22.1 Å². The van der Waals surface area contributed by atoms with Crippen LogP contribution in [0, 0.1) is 11.6 Å². The molecule has 0 aliphatic rings. The quantitative estimate of drug-likeness (QED) is 0.301. The molecule has 6 nitrogen and oxygen atoms in total. The molecule has 0 saturated heterocycles. The highest BCUT2D eigenvalue weighted by molar-refractivity contribution is 7.68. The van der Waals surface area contributed by atoms with Crippen molar-refractivity contribution < 1.29 is 31.2 Å². The zero-order chi connectivity index (χ0) is 21.2. The molecule has 0 bridgehead atoms. The molecule has 0 radical (unpaired) electrons. The molecule has 1 atom stereocenters. The Balaban J connectivity index is 1.89. The number of rotatable bonds is 7. The lowest BCUT2D eigenvalue weighted by molar-refractivity contribution is 0.0551. The molecule has 12 heteroatoms. The summed E-state index contributed by atoms with van der Waals surface area (Å²) in [6, 6.07) is 8.57. The van der Waals surface area contributed by atoms with E-state index in [-0.39, 0.29) is 23.4 Å². The van der Waals surface area contributed by atoms with Gasteiger partial charge in [0.25, 0.3) is 0 Å². The lowest BCUT2D eigenvalue weighted by atomic mass is 10.2. The first-order valence-electron chi connectivity index (χ1n) is 8.12. The van der Waals surface area contributed by atoms with Crippen molar-refractivity contribution in [1.29, 1.82) is 0 Å². The molecule has 2 aromatic carbocycles. The molecule has 0 spiro atoms. The van der Waals surface area contributed by atoms with E-state index < -0.39 is 30.4 Å². The summed E-state index contributed by atoms with van der Waals surface area (Å²) in [5.41, 5.74) is 0.345. The second-order valence-electron chi connectivity index (χ2n) is 5.68. The number of hydrogen-bond donors (Lipinski definition) is 1. The van der Waals surface area contributed by atoms with Gasteiger partial charge in [0.05, 0.1) is 11.9 Å². The second kappa shape index (κ2) is 8.14. The zero-order valence-electron chi connectivity index (χ0n) is 14.7. The summed E-state index contributed by atoms with van der Waals surface area (Å²) in [6.07, 6.45) is 0. The minimum Gasteiger partial charge on any atom is -0.331 e. The Bertz CT molecular complexity index is 1060. The maximum Gasteiger partial charge on any atom is 0.400 e. The van der Waals surface area contributed by atoms with Crippen molar-refractivity contribution in [2.24, 2.45) is 0 Å². The molecule has 0 saturated carbocycles. The van der Waals surface area contributed by atoms with E-state index in [0.29, 0.717) is 5.56 Å². The van der Waals surface area contributed by atoms with Crippen LogP contribution in [-0.4, -0.2) is 16.7 Å². The van der Waals surface area contributed by atoms with Crippen LogP contribution in [0.15, 0.2) is 47.0 Å². The molecular formula is C17H13ClF4N3O3P. The van der Waals surface area contributed by atoms with Gasteiger partial charge in [0.15, 0.2) is 11.6 Å². The van der Waals surface area contributed by atoms with Crippen molar-refractivity contribution in [3.63, 3.8) is 0 Å². The number of hydrogen-bond acceptors (Lipinski definition) is 5. The Morgan fingerprint density at radius 3 is 2.41 bits per heavy atom. The second-order valence-corrected chi connectivity index (χ2v) is 8.25. The number of alkyl halides is 3. The Morgan fingerprint density at radius 2 is 1.86 bits per heavy atom. The van der Waals surface area contributed by atoms with Gasteiger partial charge in [0.2, 0.25) is 5.82 Å². The Labute approximate surface area is 167 Å². The molecule has 1 heterocycles. The number of nitrogens with zero attached hydrogens (tertiary/aromatic N) is 2. The van der Waals surface area contributed by atoms with Gasteiger partial charge >= 0.3 is 18.8 Å². The van der Waals surface area contributed by atoms with E-state index in [1.54, 1.807) is 6.92 Å². The number of halogens is 5. The van der Waals surface area contributed by atoms with Gasteiger partial charge in [0, 0.05) is 17.3 Å². The third-order valence-corrected chi connectivity index (χ3v) is 5.95. The van der Waals surface area contributed by atoms with Crippen molar-refractivity contribution in [2.75, 3.05) is 11.7 Å². The molecule has 154 valence electrons. The van der Waals surface area contributed by atoms with Crippen molar-refractivity contribution in [3.8, 4) is 11.4 Å². The fraction of sp³-hybridized carbons (Fsp3) is 0.176. The molecule has 0 fully saturated rings. The topological polar surface area (TPSA) is 77.2 Å². The minimum absolute atomic E-state index is 0.0527. The summed E-state index contributed by atoms with van der Waals surface area (Å²) < 4.78 is 75.6. The fourth-order valence-electron chi connectivity index (χ4n) is 2.35. The predicted molar refractivity (Wildman–Crippen MR) is 98.3 cm³/mol. The monoisotopic (exact) mass is 449 g/mol. The summed E-state index contributed by atoms with van der Waals surface area (Å²) in [7, 11) is -3.71. The van der Waals surface area contributed by atoms with Crippen LogP contribution < -0.4 is 10.4 Å². The highest BCUT2D eigenvalue weighted by Crippen LogP contribution is 2.46. The van der Waals surface area contributed by atoms with E-state index in [1.807, 2.05) is 0 Å². The van der Waals surface area contributed by atoms with Gasteiger partial charge in [-0.05, 0) is 42.8 Å². The smallest absolute Gasteiger partial charge is 0.331 e. The number of benzene rings is 2. The molecular weight excluding hydrogens is 437 g/mol. The normalized spacial score (nSPS) is 13.9. The van der Waals surface area contributed by atoms with Crippen molar-refractivity contribution >= 4 is 30.1 Å². The van der Waals surface area contributed by atoms with Crippen LogP contribution in [-0.2, 0) is 14.5 Å². The van der Waals surface area contributed by atoms with Crippen LogP contribution in [0.5, 0.6) is 0 Å². The molecule has 1 aromatic heterocycles. The highest BCUT2D eigenvalue weighted by Gasteiger charge is 2.36.